The van der Waals surface area contributed by atoms with Gasteiger partial charge in [0.25, 0.3) is 0 Å². The predicted molar refractivity (Wildman–Crippen MR) is 116 cm³/mol. The Bertz CT molecular complexity index is 1150. The lowest BCUT2D eigenvalue weighted by Gasteiger charge is -2.34. The molecular weight excluding hydrogens is 416 g/mol. The highest BCUT2D eigenvalue weighted by Crippen LogP contribution is 2.47. The van der Waals surface area contributed by atoms with Crippen molar-refractivity contribution in [1.29, 1.82) is 5.26 Å². The Balaban J connectivity index is 1.75. The summed E-state index contributed by atoms with van der Waals surface area (Å²) in [6.07, 6.45) is 0.778. The van der Waals surface area contributed by atoms with E-state index in [2.05, 4.69) is 6.07 Å². The van der Waals surface area contributed by atoms with Crippen LogP contribution in [0.3, 0.4) is 0 Å². The van der Waals surface area contributed by atoms with Gasteiger partial charge < -0.3 is 19.9 Å². The van der Waals surface area contributed by atoms with Crippen molar-refractivity contribution in [2.45, 2.75) is 24.7 Å². The molecule has 7 heteroatoms. The standard InChI is InChI=1S/C24H21ClN2O4/c1-29-19-8-5-14(10-20(19)30-2)15-9-18(28)23-21(11-15)31-24(27)17(12-26)22(23)13-3-6-16(25)7-4-13/h3-8,10,15,22H,9,11,27H2,1-2H3/t15-,22+/m1/s1. The van der Waals surface area contributed by atoms with E-state index in [1.807, 2.05) is 18.2 Å². The number of hydrogen-bond acceptors (Lipinski definition) is 6. The molecule has 0 spiro atoms. The number of methoxy groups -OCH3 is 2. The summed E-state index contributed by atoms with van der Waals surface area (Å²) in [5.41, 5.74) is 8.54. The van der Waals surface area contributed by atoms with E-state index in [-0.39, 0.29) is 23.2 Å². The number of benzene rings is 2. The van der Waals surface area contributed by atoms with Crippen molar-refractivity contribution in [1.82, 2.24) is 0 Å². The van der Waals surface area contributed by atoms with Crippen LogP contribution in [0.15, 0.2) is 65.3 Å². The molecule has 1 aliphatic carbocycles. The summed E-state index contributed by atoms with van der Waals surface area (Å²) in [7, 11) is 3.15. The minimum Gasteiger partial charge on any atom is -0.493 e. The van der Waals surface area contributed by atoms with E-state index in [0.29, 0.717) is 40.7 Å². The fourth-order valence-electron chi connectivity index (χ4n) is 4.24. The lowest BCUT2D eigenvalue weighted by Crippen LogP contribution is -2.29. The Labute approximate surface area is 185 Å². The largest absolute Gasteiger partial charge is 0.493 e. The van der Waals surface area contributed by atoms with Crippen LogP contribution in [0.5, 0.6) is 11.5 Å². The first-order valence-corrected chi connectivity index (χ1v) is 10.2. The number of carbonyl (C=O) groups excluding carboxylic acids is 1. The van der Waals surface area contributed by atoms with Crippen LogP contribution in [0.25, 0.3) is 0 Å². The molecule has 0 saturated carbocycles. The third kappa shape index (κ3) is 3.73. The van der Waals surface area contributed by atoms with E-state index in [9.17, 15) is 10.1 Å². The Morgan fingerprint density at radius 3 is 2.39 bits per heavy atom. The van der Waals surface area contributed by atoms with Gasteiger partial charge in [-0.3, -0.25) is 4.79 Å². The number of nitrogens with two attached hydrogens (primary N) is 1. The second-order valence-corrected chi connectivity index (χ2v) is 7.89. The van der Waals surface area contributed by atoms with Crippen LogP contribution in [-0.2, 0) is 9.53 Å². The van der Waals surface area contributed by atoms with Crippen molar-refractivity contribution in [3.8, 4) is 17.6 Å². The lowest BCUT2D eigenvalue weighted by atomic mass is 9.73. The summed E-state index contributed by atoms with van der Waals surface area (Å²) in [6, 6.07) is 14.8. The van der Waals surface area contributed by atoms with Crippen LogP contribution >= 0.6 is 11.6 Å². The monoisotopic (exact) mass is 436 g/mol. The number of allylic oxidation sites excluding steroid dienone is 3. The average molecular weight is 437 g/mol. The second-order valence-electron chi connectivity index (χ2n) is 7.46. The van der Waals surface area contributed by atoms with Gasteiger partial charge in [-0.25, -0.2) is 0 Å². The summed E-state index contributed by atoms with van der Waals surface area (Å²) in [5.74, 6) is 1.02. The fourth-order valence-corrected chi connectivity index (χ4v) is 4.36. The fraction of sp³-hybridized carbons (Fsp3) is 0.250. The third-order valence-electron chi connectivity index (χ3n) is 5.74. The van der Waals surface area contributed by atoms with Gasteiger partial charge in [-0.2, -0.15) is 5.26 Å². The zero-order chi connectivity index (χ0) is 22.1. The lowest BCUT2D eigenvalue weighted by molar-refractivity contribution is -0.117. The number of hydrogen-bond donors (Lipinski definition) is 1. The highest BCUT2D eigenvalue weighted by molar-refractivity contribution is 6.30. The van der Waals surface area contributed by atoms with Crippen LogP contribution in [-0.4, -0.2) is 20.0 Å². The van der Waals surface area contributed by atoms with E-state index < -0.39 is 5.92 Å². The first kappa shape index (κ1) is 20.8. The molecule has 2 N–H and O–H groups in total. The van der Waals surface area contributed by atoms with Gasteiger partial charge in [-0.15, -0.1) is 0 Å². The molecule has 0 saturated heterocycles. The molecule has 1 heterocycles. The van der Waals surface area contributed by atoms with Crippen molar-refractivity contribution in [2.24, 2.45) is 5.73 Å². The number of rotatable bonds is 4. The number of nitrogens with zero attached hydrogens (tertiary/aromatic N) is 1. The molecule has 158 valence electrons. The van der Waals surface area contributed by atoms with Gasteiger partial charge in [0.2, 0.25) is 5.88 Å². The van der Waals surface area contributed by atoms with Gasteiger partial charge in [0.15, 0.2) is 17.3 Å². The number of halogens is 1. The molecule has 6 nitrogen and oxygen atoms in total. The average Bonchev–Trinajstić information content (AvgIpc) is 2.78. The van der Waals surface area contributed by atoms with Gasteiger partial charge in [0.05, 0.1) is 20.1 Å². The van der Waals surface area contributed by atoms with Gasteiger partial charge in [-0.1, -0.05) is 29.8 Å². The number of Topliss-reactive ketones (excluding diaryl/α,β-unsaturated/α-hetero) is 1. The van der Waals surface area contributed by atoms with Gasteiger partial charge >= 0.3 is 0 Å². The third-order valence-corrected chi connectivity index (χ3v) is 6.00. The maximum absolute atomic E-state index is 13.3. The topological polar surface area (TPSA) is 94.6 Å². The number of ketones is 1. The molecule has 0 unspecified atom stereocenters. The summed E-state index contributed by atoms with van der Waals surface area (Å²) in [6.45, 7) is 0. The Morgan fingerprint density at radius 1 is 1.06 bits per heavy atom. The van der Waals surface area contributed by atoms with Crippen LogP contribution in [0.2, 0.25) is 5.02 Å². The summed E-state index contributed by atoms with van der Waals surface area (Å²) in [5, 5.41) is 10.3. The molecule has 2 aromatic rings. The van der Waals surface area contributed by atoms with Crippen molar-refractivity contribution in [3.63, 3.8) is 0 Å². The molecular formula is C24H21ClN2O4. The first-order valence-electron chi connectivity index (χ1n) is 9.78. The summed E-state index contributed by atoms with van der Waals surface area (Å²) >= 11 is 6.02. The Hall–Kier alpha value is -3.43. The van der Waals surface area contributed by atoms with Crippen molar-refractivity contribution in [3.05, 3.63) is 81.4 Å². The Kier molecular flexibility index (Phi) is 5.62. The molecule has 2 aliphatic rings. The van der Waals surface area contributed by atoms with Crippen LogP contribution in [0, 0.1) is 11.3 Å². The van der Waals surface area contributed by atoms with Crippen molar-refractivity contribution in [2.75, 3.05) is 14.2 Å². The highest BCUT2D eigenvalue weighted by atomic mass is 35.5. The smallest absolute Gasteiger partial charge is 0.205 e. The minimum atomic E-state index is -0.565. The maximum Gasteiger partial charge on any atom is 0.205 e. The molecule has 0 radical (unpaired) electrons. The second kappa shape index (κ2) is 8.37. The van der Waals surface area contributed by atoms with E-state index >= 15 is 0 Å². The normalized spacial score (nSPS) is 20.6. The van der Waals surface area contributed by atoms with Crippen LogP contribution in [0.1, 0.15) is 35.8 Å². The molecule has 31 heavy (non-hydrogen) atoms. The van der Waals surface area contributed by atoms with Crippen molar-refractivity contribution < 1.29 is 19.0 Å². The van der Waals surface area contributed by atoms with Gasteiger partial charge in [0.1, 0.15) is 17.4 Å². The molecule has 0 amide bonds. The van der Waals surface area contributed by atoms with E-state index in [0.717, 1.165) is 11.1 Å². The molecule has 1 aliphatic heterocycles. The first-order chi connectivity index (χ1) is 15.0. The van der Waals surface area contributed by atoms with Gasteiger partial charge in [0, 0.05) is 23.4 Å². The molecule has 2 atom stereocenters. The van der Waals surface area contributed by atoms with E-state index in [1.54, 1.807) is 38.5 Å². The zero-order valence-corrected chi connectivity index (χ0v) is 17.9. The number of nitriles is 1. The quantitative estimate of drug-likeness (QED) is 0.754. The van der Waals surface area contributed by atoms with Crippen LogP contribution < -0.4 is 15.2 Å². The summed E-state index contributed by atoms with van der Waals surface area (Å²) < 4.78 is 16.5. The molecule has 0 bridgehead atoms. The number of ether oxygens (including phenoxy) is 3. The van der Waals surface area contributed by atoms with Gasteiger partial charge in [-0.05, 0) is 41.3 Å². The highest BCUT2D eigenvalue weighted by Gasteiger charge is 2.41. The molecule has 0 aromatic heterocycles. The number of carbonyl (C=O) groups is 1. The minimum absolute atomic E-state index is 0.0296. The van der Waals surface area contributed by atoms with E-state index in [4.69, 9.17) is 31.5 Å². The Morgan fingerprint density at radius 2 is 1.74 bits per heavy atom. The molecule has 2 aromatic carbocycles. The maximum atomic E-state index is 13.3. The zero-order valence-electron chi connectivity index (χ0n) is 17.1. The summed E-state index contributed by atoms with van der Waals surface area (Å²) in [4.78, 5) is 13.3. The van der Waals surface area contributed by atoms with Crippen LogP contribution in [0.4, 0.5) is 0 Å². The SMILES string of the molecule is COc1ccc([C@@H]2CC(=O)C3=C(C2)OC(N)=C(C#N)[C@@H]3c2ccc(Cl)cc2)cc1OC. The van der Waals surface area contributed by atoms with E-state index in [1.165, 1.54) is 0 Å². The molecule has 4 rings (SSSR count). The predicted octanol–water partition coefficient (Wildman–Crippen LogP) is 4.57. The molecule has 0 fully saturated rings. The van der Waals surface area contributed by atoms with Crippen molar-refractivity contribution >= 4 is 17.4 Å².